The van der Waals surface area contributed by atoms with Crippen molar-refractivity contribution >= 4 is 11.8 Å². The minimum Gasteiger partial charge on any atom is -0.458 e. The van der Waals surface area contributed by atoms with Crippen molar-refractivity contribution in [3.8, 4) is 0 Å². The van der Waals surface area contributed by atoms with E-state index >= 15 is 0 Å². The van der Waals surface area contributed by atoms with Crippen LogP contribution in [-0.4, -0.2) is 63.7 Å². The molecule has 0 amide bonds. The van der Waals surface area contributed by atoms with E-state index in [-0.39, 0.29) is 12.3 Å². The molecule has 0 saturated heterocycles. The number of hydrogen-bond acceptors (Lipinski definition) is 7. The lowest BCUT2D eigenvalue weighted by Gasteiger charge is -2.20. The van der Waals surface area contributed by atoms with Crippen LogP contribution < -0.4 is 0 Å². The van der Waals surface area contributed by atoms with Crippen LogP contribution in [0.25, 0.3) is 0 Å². The van der Waals surface area contributed by atoms with Crippen LogP contribution in [0.15, 0.2) is 0 Å². The van der Waals surface area contributed by atoms with Gasteiger partial charge < -0.3 is 25.2 Å². The average molecular weight is 545 g/mol. The SMILES string of the molecule is CCCCCCCCCCCCC(CCCCCCCCCC)CC(=O)OCC(=O)[C@H](O)[C@@H](O)[C@H](O)CO. The molecule has 4 atom stereocenters. The maximum Gasteiger partial charge on any atom is 0.306 e. The number of Topliss-reactive ketones (excluding diaryl/α,β-unsaturated/α-hetero) is 1. The van der Waals surface area contributed by atoms with Crippen LogP contribution >= 0.6 is 0 Å². The fraction of sp³-hybridized carbons (Fsp3) is 0.935. The predicted molar refractivity (Wildman–Crippen MR) is 153 cm³/mol. The highest BCUT2D eigenvalue weighted by Crippen LogP contribution is 2.23. The molecule has 0 aromatic carbocycles. The molecule has 0 spiro atoms. The third-order valence-corrected chi connectivity index (χ3v) is 7.50. The van der Waals surface area contributed by atoms with Crippen LogP contribution in [-0.2, 0) is 14.3 Å². The van der Waals surface area contributed by atoms with E-state index in [1.165, 1.54) is 103 Å². The molecule has 0 aliphatic heterocycles. The third kappa shape index (κ3) is 20.9. The Hall–Kier alpha value is -1.02. The minimum absolute atomic E-state index is 0.221. The van der Waals surface area contributed by atoms with Crippen molar-refractivity contribution in [2.45, 2.75) is 167 Å². The number of ether oxygens (including phenoxy) is 1. The third-order valence-electron chi connectivity index (χ3n) is 7.50. The summed E-state index contributed by atoms with van der Waals surface area (Å²) in [6.45, 7) is 3.02. The lowest BCUT2D eigenvalue weighted by Crippen LogP contribution is -2.45. The van der Waals surface area contributed by atoms with E-state index in [9.17, 15) is 24.9 Å². The van der Waals surface area contributed by atoms with E-state index in [1.54, 1.807) is 0 Å². The van der Waals surface area contributed by atoms with Crippen LogP contribution in [0.4, 0.5) is 0 Å². The molecule has 0 heterocycles. The number of hydrogen-bond donors (Lipinski definition) is 4. The summed E-state index contributed by atoms with van der Waals surface area (Å²) >= 11 is 0. The van der Waals surface area contributed by atoms with Gasteiger partial charge in [-0.15, -0.1) is 0 Å². The summed E-state index contributed by atoms with van der Waals surface area (Å²) in [5.74, 6) is -1.15. The number of esters is 1. The van der Waals surface area contributed by atoms with Gasteiger partial charge in [0.1, 0.15) is 18.3 Å². The Balaban J connectivity index is 4.40. The Bertz CT molecular complexity index is 554. The van der Waals surface area contributed by atoms with Gasteiger partial charge in [0.15, 0.2) is 6.61 Å². The molecule has 226 valence electrons. The van der Waals surface area contributed by atoms with Gasteiger partial charge in [-0.1, -0.05) is 129 Å². The van der Waals surface area contributed by atoms with E-state index in [0.29, 0.717) is 0 Å². The lowest BCUT2D eigenvalue weighted by molar-refractivity contribution is -0.155. The quantitative estimate of drug-likeness (QED) is 0.0701. The van der Waals surface area contributed by atoms with Gasteiger partial charge in [-0.2, -0.15) is 0 Å². The number of ketones is 1. The lowest BCUT2D eigenvalue weighted by atomic mass is 9.91. The number of carbonyl (C=O) groups excluding carboxylic acids is 2. The summed E-state index contributed by atoms with van der Waals surface area (Å²) in [7, 11) is 0. The molecule has 0 aromatic rings. The van der Waals surface area contributed by atoms with Gasteiger partial charge in [-0.05, 0) is 18.8 Å². The maximum atomic E-state index is 12.5. The largest absolute Gasteiger partial charge is 0.458 e. The Morgan fingerprint density at radius 1 is 0.632 bits per heavy atom. The molecule has 7 nitrogen and oxygen atoms in total. The summed E-state index contributed by atoms with van der Waals surface area (Å²) in [6.07, 6.45) is 19.5. The van der Waals surface area contributed by atoms with Crippen LogP contribution in [0, 0.1) is 5.92 Å². The second kappa shape index (κ2) is 26.2. The highest BCUT2D eigenvalue weighted by atomic mass is 16.5. The highest BCUT2D eigenvalue weighted by Gasteiger charge is 2.30. The summed E-state index contributed by atoms with van der Waals surface area (Å²) in [4.78, 5) is 24.5. The molecular weight excluding hydrogens is 484 g/mol. The second-order valence-corrected chi connectivity index (χ2v) is 11.1. The first-order valence-corrected chi connectivity index (χ1v) is 15.7. The standard InChI is InChI=1S/C31H60O7/c1-3-5-7-9-11-13-14-16-18-20-22-26(21-19-17-15-12-10-8-6-4-2)23-29(35)38-25-28(34)31(37)30(36)27(33)24-32/h26-27,30-33,36-37H,3-25H2,1-2H3/t26?,27-,30+,31+/m1/s1. The number of unbranched alkanes of at least 4 members (excludes halogenated alkanes) is 16. The first-order chi connectivity index (χ1) is 18.4. The molecule has 0 aliphatic carbocycles. The summed E-state index contributed by atoms with van der Waals surface area (Å²) in [5.41, 5.74) is 0. The van der Waals surface area contributed by atoms with Gasteiger partial charge in [-0.25, -0.2) is 0 Å². The molecule has 0 saturated carbocycles. The molecule has 0 rings (SSSR count). The minimum atomic E-state index is -1.91. The number of aliphatic hydroxyl groups excluding tert-OH is 4. The van der Waals surface area contributed by atoms with Crippen LogP contribution in [0.2, 0.25) is 0 Å². The first-order valence-electron chi connectivity index (χ1n) is 15.7. The Morgan fingerprint density at radius 2 is 1.03 bits per heavy atom. The fourth-order valence-corrected chi connectivity index (χ4v) is 4.88. The molecule has 0 radical (unpaired) electrons. The van der Waals surface area contributed by atoms with Gasteiger partial charge in [0.2, 0.25) is 5.78 Å². The number of rotatable bonds is 28. The van der Waals surface area contributed by atoms with Crippen molar-refractivity contribution in [3.63, 3.8) is 0 Å². The molecule has 0 fully saturated rings. The van der Waals surface area contributed by atoms with E-state index in [0.717, 1.165) is 25.7 Å². The molecule has 7 heteroatoms. The van der Waals surface area contributed by atoms with Crippen molar-refractivity contribution in [2.24, 2.45) is 5.92 Å². The van der Waals surface area contributed by atoms with Gasteiger partial charge in [0.25, 0.3) is 0 Å². The monoisotopic (exact) mass is 544 g/mol. The van der Waals surface area contributed by atoms with Crippen LogP contribution in [0.1, 0.15) is 149 Å². The molecule has 38 heavy (non-hydrogen) atoms. The van der Waals surface area contributed by atoms with Gasteiger partial charge in [0, 0.05) is 6.42 Å². The van der Waals surface area contributed by atoms with Crippen molar-refractivity contribution in [1.29, 1.82) is 0 Å². The summed E-state index contributed by atoms with van der Waals surface area (Å²) in [6, 6.07) is 0. The molecule has 0 bridgehead atoms. The second-order valence-electron chi connectivity index (χ2n) is 11.1. The number of aliphatic hydroxyl groups is 4. The molecule has 0 aliphatic rings. The Labute approximate surface area is 232 Å². The summed E-state index contributed by atoms with van der Waals surface area (Å²) in [5, 5.41) is 37.7. The smallest absolute Gasteiger partial charge is 0.306 e. The molecular formula is C31H60O7. The Kier molecular flexibility index (Phi) is 25.5. The topological polar surface area (TPSA) is 124 Å². The highest BCUT2D eigenvalue weighted by molar-refractivity contribution is 5.86. The van der Waals surface area contributed by atoms with E-state index in [2.05, 4.69) is 13.8 Å². The zero-order valence-corrected chi connectivity index (χ0v) is 24.6. The zero-order valence-electron chi connectivity index (χ0n) is 24.6. The average Bonchev–Trinajstić information content (AvgIpc) is 2.92. The van der Waals surface area contributed by atoms with E-state index in [4.69, 9.17) is 9.84 Å². The van der Waals surface area contributed by atoms with Gasteiger partial charge in [0.05, 0.1) is 6.61 Å². The van der Waals surface area contributed by atoms with Crippen molar-refractivity contribution < 1.29 is 34.8 Å². The Morgan fingerprint density at radius 3 is 1.42 bits per heavy atom. The predicted octanol–water partition coefficient (Wildman–Crippen LogP) is 6.02. The van der Waals surface area contributed by atoms with E-state index < -0.39 is 43.3 Å². The summed E-state index contributed by atoms with van der Waals surface area (Å²) < 4.78 is 5.10. The fourth-order valence-electron chi connectivity index (χ4n) is 4.88. The first kappa shape index (κ1) is 37.0. The van der Waals surface area contributed by atoms with Gasteiger partial charge in [-0.3, -0.25) is 9.59 Å². The van der Waals surface area contributed by atoms with Crippen LogP contribution in [0.3, 0.4) is 0 Å². The van der Waals surface area contributed by atoms with Gasteiger partial charge >= 0.3 is 5.97 Å². The van der Waals surface area contributed by atoms with Crippen molar-refractivity contribution in [2.75, 3.05) is 13.2 Å². The van der Waals surface area contributed by atoms with Crippen LogP contribution in [0.5, 0.6) is 0 Å². The zero-order chi connectivity index (χ0) is 28.4. The molecule has 1 unspecified atom stereocenters. The molecule has 0 aromatic heterocycles. The number of carbonyl (C=O) groups is 2. The van der Waals surface area contributed by atoms with Crippen molar-refractivity contribution in [1.82, 2.24) is 0 Å². The normalized spacial score (nSPS) is 14.7. The maximum absolute atomic E-state index is 12.5. The molecule has 4 N–H and O–H groups in total. The van der Waals surface area contributed by atoms with E-state index in [1.807, 2.05) is 0 Å². The van der Waals surface area contributed by atoms with Crippen molar-refractivity contribution in [3.05, 3.63) is 0 Å².